The number of aromatic nitrogens is 1. The number of pyridine rings is 1. The molecule has 1 amide bonds. The molecule has 0 saturated carbocycles. The standard InChI is InChI=1S/C14H16N2O3/c1-9(6-7-17)15-14(19)12-8-10-4-2-3-5-11(10)13(18)16-12/h2-5,8-9,17H,6-7H2,1H3,(H,15,19)(H,16,18). The van der Waals surface area contributed by atoms with Gasteiger partial charge in [-0.3, -0.25) is 9.59 Å². The molecule has 0 aliphatic carbocycles. The molecule has 0 saturated heterocycles. The lowest BCUT2D eigenvalue weighted by molar-refractivity contribution is 0.0929. The Morgan fingerprint density at radius 1 is 1.42 bits per heavy atom. The van der Waals surface area contributed by atoms with E-state index in [0.717, 1.165) is 5.39 Å². The van der Waals surface area contributed by atoms with E-state index in [-0.39, 0.29) is 29.8 Å². The maximum Gasteiger partial charge on any atom is 0.268 e. The molecule has 0 spiro atoms. The van der Waals surface area contributed by atoms with Crippen molar-refractivity contribution in [3.05, 3.63) is 46.4 Å². The SMILES string of the molecule is CC(CCO)NC(=O)c1cc2ccccc2c(=O)[nH]1. The van der Waals surface area contributed by atoms with Crippen molar-refractivity contribution in [3.8, 4) is 0 Å². The maximum atomic E-state index is 12.0. The van der Waals surface area contributed by atoms with Crippen LogP contribution in [-0.4, -0.2) is 28.6 Å². The molecule has 0 aliphatic heterocycles. The zero-order valence-electron chi connectivity index (χ0n) is 10.6. The lowest BCUT2D eigenvalue weighted by atomic mass is 10.1. The minimum atomic E-state index is -0.344. The molecular weight excluding hydrogens is 244 g/mol. The normalized spacial score (nSPS) is 12.3. The molecule has 100 valence electrons. The molecule has 2 aromatic rings. The van der Waals surface area contributed by atoms with E-state index >= 15 is 0 Å². The molecular formula is C14H16N2O3. The Labute approximate surface area is 110 Å². The van der Waals surface area contributed by atoms with Crippen LogP contribution in [-0.2, 0) is 0 Å². The first-order valence-electron chi connectivity index (χ1n) is 6.15. The Bertz CT molecular complexity index is 648. The van der Waals surface area contributed by atoms with E-state index in [1.165, 1.54) is 0 Å². The molecule has 0 bridgehead atoms. The minimum absolute atomic E-state index is 0.00961. The van der Waals surface area contributed by atoms with E-state index in [9.17, 15) is 9.59 Å². The van der Waals surface area contributed by atoms with Gasteiger partial charge in [-0.1, -0.05) is 18.2 Å². The summed E-state index contributed by atoms with van der Waals surface area (Å²) in [5, 5.41) is 12.8. The molecule has 1 aromatic heterocycles. The van der Waals surface area contributed by atoms with Gasteiger partial charge in [-0.15, -0.1) is 0 Å². The summed E-state index contributed by atoms with van der Waals surface area (Å²) in [5.74, 6) is -0.344. The molecule has 19 heavy (non-hydrogen) atoms. The molecule has 0 fully saturated rings. The van der Waals surface area contributed by atoms with Gasteiger partial charge in [-0.25, -0.2) is 0 Å². The van der Waals surface area contributed by atoms with Gasteiger partial charge in [0.25, 0.3) is 11.5 Å². The van der Waals surface area contributed by atoms with Crippen molar-refractivity contribution in [1.29, 1.82) is 0 Å². The van der Waals surface area contributed by atoms with Gasteiger partial charge in [0.1, 0.15) is 5.69 Å². The topological polar surface area (TPSA) is 82.2 Å². The van der Waals surface area contributed by atoms with Gasteiger partial charge in [-0.2, -0.15) is 0 Å². The van der Waals surface area contributed by atoms with Gasteiger partial charge in [0, 0.05) is 18.0 Å². The number of benzene rings is 1. The highest BCUT2D eigenvalue weighted by atomic mass is 16.3. The van der Waals surface area contributed by atoms with Crippen LogP contribution in [0, 0.1) is 0 Å². The number of H-pyrrole nitrogens is 1. The second-order valence-corrected chi connectivity index (χ2v) is 4.49. The molecule has 1 unspecified atom stereocenters. The number of rotatable bonds is 4. The van der Waals surface area contributed by atoms with Crippen molar-refractivity contribution < 1.29 is 9.90 Å². The van der Waals surface area contributed by atoms with Crippen LogP contribution >= 0.6 is 0 Å². The van der Waals surface area contributed by atoms with Crippen LogP contribution in [0.1, 0.15) is 23.8 Å². The summed E-state index contributed by atoms with van der Waals surface area (Å²) in [7, 11) is 0. The van der Waals surface area contributed by atoms with Crippen molar-refractivity contribution in [2.45, 2.75) is 19.4 Å². The largest absolute Gasteiger partial charge is 0.396 e. The number of hydrogen-bond acceptors (Lipinski definition) is 3. The number of carbonyl (C=O) groups is 1. The van der Waals surface area contributed by atoms with E-state index in [2.05, 4.69) is 10.3 Å². The van der Waals surface area contributed by atoms with Gasteiger partial charge >= 0.3 is 0 Å². The molecule has 5 nitrogen and oxygen atoms in total. The van der Waals surface area contributed by atoms with Crippen molar-refractivity contribution in [1.82, 2.24) is 10.3 Å². The van der Waals surface area contributed by atoms with Crippen molar-refractivity contribution in [2.75, 3.05) is 6.61 Å². The minimum Gasteiger partial charge on any atom is -0.396 e. The number of carbonyl (C=O) groups excluding carboxylic acids is 1. The first-order valence-corrected chi connectivity index (χ1v) is 6.15. The van der Waals surface area contributed by atoms with Gasteiger partial charge < -0.3 is 15.4 Å². The number of fused-ring (bicyclic) bond motifs is 1. The fourth-order valence-corrected chi connectivity index (χ4v) is 1.90. The Morgan fingerprint density at radius 3 is 2.89 bits per heavy atom. The van der Waals surface area contributed by atoms with E-state index in [1.54, 1.807) is 31.2 Å². The quantitative estimate of drug-likeness (QED) is 0.768. The average molecular weight is 260 g/mol. The predicted molar refractivity (Wildman–Crippen MR) is 73.2 cm³/mol. The highest BCUT2D eigenvalue weighted by Crippen LogP contribution is 2.09. The third-order valence-corrected chi connectivity index (χ3v) is 2.94. The molecule has 5 heteroatoms. The number of amides is 1. The third-order valence-electron chi connectivity index (χ3n) is 2.94. The summed E-state index contributed by atoms with van der Waals surface area (Å²) in [6, 6.07) is 8.60. The Kier molecular flexibility index (Phi) is 3.97. The summed E-state index contributed by atoms with van der Waals surface area (Å²) in [5.41, 5.74) is -0.0495. The van der Waals surface area contributed by atoms with E-state index < -0.39 is 0 Å². The zero-order chi connectivity index (χ0) is 13.8. The number of aliphatic hydroxyl groups is 1. The average Bonchev–Trinajstić information content (AvgIpc) is 2.39. The number of nitrogens with one attached hydrogen (secondary N) is 2. The van der Waals surface area contributed by atoms with E-state index in [1.807, 2.05) is 6.07 Å². The lowest BCUT2D eigenvalue weighted by Crippen LogP contribution is -2.34. The smallest absolute Gasteiger partial charge is 0.268 e. The second kappa shape index (κ2) is 5.67. The van der Waals surface area contributed by atoms with Crippen LogP contribution in [0.3, 0.4) is 0 Å². The van der Waals surface area contributed by atoms with Gasteiger partial charge in [0.2, 0.25) is 0 Å². The monoisotopic (exact) mass is 260 g/mol. The van der Waals surface area contributed by atoms with Crippen LogP contribution in [0.25, 0.3) is 10.8 Å². The molecule has 2 rings (SSSR count). The van der Waals surface area contributed by atoms with Crippen molar-refractivity contribution in [3.63, 3.8) is 0 Å². The van der Waals surface area contributed by atoms with Gasteiger partial charge in [-0.05, 0) is 30.9 Å². The van der Waals surface area contributed by atoms with Crippen LogP contribution in [0.2, 0.25) is 0 Å². The highest BCUT2D eigenvalue weighted by Gasteiger charge is 2.11. The van der Waals surface area contributed by atoms with Gasteiger partial charge in [0.05, 0.1) is 0 Å². The Balaban J connectivity index is 2.30. The van der Waals surface area contributed by atoms with Crippen molar-refractivity contribution >= 4 is 16.7 Å². The zero-order valence-corrected chi connectivity index (χ0v) is 10.6. The Hall–Kier alpha value is -2.14. The second-order valence-electron chi connectivity index (χ2n) is 4.49. The first-order chi connectivity index (χ1) is 9.11. The summed E-state index contributed by atoms with van der Waals surface area (Å²) >= 11 is 0. The Morgan fingerprint density at radius 2 is 2.16 bits per heavy atom. The highest BCUT2D eigenvalue weighted by molar-refractivity contribution is 5.96. The van der Waals surface area contributed by atoms with Gasteiger partial charge in [0.15, 0.2) is 0 Å². The summed E-state index contributed by atoms with van der Waals surface area (Å²) in [6.07, 6.45) is 0.476. The summed E-state index contributed by atoms with van der Waals surface area (Å²) < 4.78 is 0. The van der Waals surface area contributed by atoms with Crippen LogP contribution < -0.4 is 10.9 Å². The fraction of sp³-hybridized carbons (Fsp3) is 0.286. The van der Waals surface area contributed by atoms with Crippen molar-refractivity contribution in [2.24, 2.45) is 0 Å². The number of aliphatic hydroxyl groups excluding tert-OH is 1. The van der Waals surface area contributed by atoms with Crippen LogP contribution in [0.5, 0.6) is 0 Å². The molecule has 1 aromatic carbocycles. The molecule has 1 atom stereocenters. The predicted octanol–water partition coefficient (Wildman–Crippen LogP) is 1.03. The molecule has 0 radical (unpaired) electrons. The molecule has 0 aliphatic rings. The van der Waals surface area contributed by atoms with E-state index in [4.69, 9.17) is 5.11 Å². The first kappa shape index (κ1) is 13.3. The maximum absolute atomic E-state index is 12.0. The molecule has 3 N–H and O–H groups in total. The van der Waals surface area contributed by atoms with E-state index in [0.29, 0.717) is 11.8 Å². The van der Waals surface area contributed by atoms with Crippen LogP contribution in [0.15, 0.2) is 35.1 Å². The van der Waals surface area contributed by atoms with Crippen LogP contribution in [0.4, 0.5) is 0 Å². The summed E-state index contributed by atoms with van der Waals surface area (Å²) in [4.78, 5) is 26.4. The number of aromatic amines is 1. The number of hydrogen-bond donors (Lipinski definition) is 3. The summed E-state index contributed by atoms with van der Waals surface area (Å²) in [6.45, 7) is 1.81. The lowest BCUT2D eigenvalue weighted by Gasteiger charge is -2.12. The fourth-order valence-electron chi connectivity index (χ4n) is 1.90. The third kappa shape index (κ3) is 3.00. The molecule has 1 heterocycles.